The minimum absolute atomic E-state index is 0.0897. The van der Waals surface area contributed by atoms with Crippen molar-refractivity contribution in [1.29, 1.82) is 0 Å². The number of aryl methyl sites for hydroxylation is 1. The first-order valence-electron chi connectivity index (χ1n) is 6.59. The van der Waals surface area contributed by atoms with Crippen molar-refractivity contribution in [2.75, 3.05) is 13.1 Å². The number of hydrogen-bond donors (Lipinski definition) is 2. The molecule has 1 aromatic rings. The van der Waals surface area contributed by atoms with Gasteiger partial charge in [-0.2, -0.15) is 5.10 Å². The number of aromatic nitrogens is 2. The summed E-state index contributed by atoms with van der Waals surface area (Å²) >= 11 is 0. The maximum atomic E-state index is 11.8. The molecule has 5 heteroatoms. The second-order valence-corrected chi connectivity index (χ2v) is 5.37. The van der Waals surface area contributed by atoms with E-state index in [1.807, 2.05) is 24.0 Å². The first-order valence-corrected chi connectivity index (χ1v) is 6.59. The number of nitrogens with two attached hydrogens (primary N) is 1. The van der Waals surface area contributed by atoms with E-state index < -0.39 is 0 Å². The van der Waals surface area contributed by atoms with Crippen molar-refractivity contribution in [3.63, 3.8) is 0 Å². The molecule has 18 heavy (non-hydrogen) atoms. The summed E-state index contributed by atoms with van der Waals surface area (Å²) in [6.07, 6.45) is 7.75. The second kappa shape index (κ2) is 5.52. The maximum Gasteiger partial charge on any atom is 0.220 e. The zero-order valence-corrected chi connectivity index (χ0v) is 11.0. The summed E-state index contributed by atoms with van der Waals surface area (Å²) in [5.74, 6) is 0.115. The van der Waals surface area contributed by atoms with Gasteiger partial charge in [0.2, 0.25) is 5.91 Å². The van der Waals surface area contributed by atoms with Crippen LogP contribution in [0.4, 0.5) is 0 Å². The Kier molecular flexibility index (Phi) is 4.01. The van der Waals surface area contributed by atoms with Gasteiger partial charge < -0.3 is 11.1 Å². The number of carbonyl (C=O) groups is 1. The van der Waals surface area contributed by atoms with Gasteiger partial charge in [-0.05, 0) is 37.3 Å². The van der Waals surface area contributed by atoms with Crippen LogP contribution in [-0.2, 0) is 11.3 Å². The molecule has 1 heterocycles. The van der Waals surface area contributed by atoms with Crippen molar-refractivity contribution >= 4 is 5.91 Å². The Labute approximate surface area is 108 Å². The van der Waals surface area contributed by atoms with E-state index in [9.17, 15) is 4.79 Å². The molecule has 0 atom stereocenters. The largest absolute Gasteiger partial charge is 0.354 e. The van der Waals surface area contributed by atoms with Crippen LogP contribution in [0.25, 0.3) is 0 Å². The van der Waals surface area contributed by atoms with E-state index in [0.717, 1.165) is 24.9 Å². The lowest BCUT2D eigenvalue weighted by Gasteiger charge is -2.40. The van der Waals surface area contributed by atoms with Crippen LogP contribution in [0.1, 0.15) is 31.2 Å². The van der Waals surface area contributed by atoms with Gasteiger partial charge in [-0.25, -0.2) is 0 Å². The molecule has 0 bridgehead atoms. The van der Waals surface area contributed by atoms with E-state index in [1.165, 1.54) is 6.42 Å². The zero-order valence-electron chi connectivity index (χ0n) is 11.0. The summed E-state index contributed by atoms with van der Waals surface area (Å²) in [7, 11) is 0. The minimum atomic E-state index is 0.0897. The molecular weight excluding hydrogens is 228 g/mol. The predicted molar refractivity (Wildman–Crippen MR) is 69.9 cm³/mol. The third-order valence-corrected chi connectivity index (χ3v) is 3.81. The van der Waals surface area contributed by atoms with Crippen molar-refractivity contribution in [2.24, 2.45) is 11.1 Å². The lowest BCUT2D eigenvalue weighted by Crippen LogP contribution is -2.42. The monoisotopic (exact) mass is 250 g/mol. The first-order chi connectivity index (χ1) is 8.63. The van der Waals surface area contributed by atoms with Crippen LogP contribution >= 0.6 is 0 Å². The average Bonchev–Trinajstić information content (AvgIpc) is 2.70. The van der Waals surface area contributed by atoms with E-state index in [0.29, 0.717) is 19.5 Å². The van der Waals surface area contributed by atoms with Gasteiger partial charge >= 0.3 is 0 Å². The third-order valence-electron chi connectivity index (χ3n) is 3.81. The predicted octanol–water partition coefficient (Wildman–Crippen LogP) is 0.827. The van der Waals surface area contributed by atoms with Gasteiger partial charge in [-0.15, -0.1) is 0 Å². The van der Waals surface area contributed by atoms with E-state index >= 15 is 0 Å². The van der Waals surface area contributed by atoms with Gasteiger partial charge in [0, 0.05) is 19.2 Å². The van der Waals surface area contributed by atoms with Gasteiger partial charge in [0.05, 0.1) is 12.7 Å². The van der Waals surface area contributed by atoms with Crippen molar-refractivity contribution < 1.29 is 4.79 Å². The Morgan fingerprint density at radius 3 is 2.89 bits per heavy atom. The van der Waals surface area contributed by atoms with Crippen molar-refractivity contribution in [1.82, 2.24) is 15.1 Å². The van der Waals surface area contributed by atoms with Crippen LogP contribution in [0.5, 0.6) is 0 Å². The SMILES string of the molecule is Cc1cnn(CCNC(=O)CC2(CN)CCC2)c1. The molecule has 0 radical (unpaired) electrons. The Morgan fingerprint density at radius 1 is 1.61 bits per heavy atom. The van der Waals surface area contributed by atoms with Crippen molar-refractivity contribution in [3.8, 4) is 0 Å². The summed E-state index contributed by atoms with van der Waals surface area (Å²) in [6, 6.07) is 0. The number of hydrogen-bond acceptors (Lipinski definition) is 3. The van der Waals surface area contributed by atoms with Crippen molar-refractivity contribution in [3.05, 3.63) is 18.0 Å². The van der Waals surface area contributed by atoms with Crippen LogP contribution < -0.4 is 11.1 Å². The molecule has 2 rings (SSSR count). The number of nitrogens with zero attached hydrogens (tertiary/aromatic N) is 2. The second-order valence-electron chi connectivity index (χ2n) is 5.37. The average molecular weight is 250 g/mol. The normalized spacial score (nSPS) is 17.2. The summed E-state index contributed by atoms with van der Waals surface area (Å²) in [5, 5.41) is 7.12. The number of carbonyl (C=O) groups excluding carboxylic acids is 1. The topological polar surface area (TPSA) is 72.9 Å². The Hall–Kier alpha value is -1.36. The highest BCUT2D eigenvalue weighted by Crippen LogP contribution is 2.42. The molecule has 0 aliphatic heterocycles. The maximum absolute atomic E-state index is 11.8. The number of rotatable bonds is 6. The summed E-state index contributed by atoms with van der Waals surface area (Å²) < 4.78 is 1.84. The molecular formula is C13H22N4O. The first kappa shape index (κ1) is 13.1. The van der Waals surface area contributed by atoms with Gasteiger partial charge in [0.25, 0.3) is 0 Å². The highest BCUT2D eigenvalue weighted by molar-refractivity contribution is 5.76. The van der Waals surface area contributed by atoms with Crippen LogP contribution in [0.15, 0.2) is 12.4 Å². The standard InChI is InChI=1S/C13H22N4O/c1-11-8-16-17(9-11)6-5-15-12(18)7-13(10-14)3-2-4-13/h8-9H,2-7,10,14H2,1H3,(H,15,18). The zero-order chi connectivity index (χ0) is 13.0. The lowest BCUT2D eigenvalue weighted by atomic mass is 9.66. The summed E-state index contributed by atoms with van der Waals surface area (Å²) in [5.41, 5.74) is 6.97. The molecule has 0 aromatic carbocycles. The molecule has 1 saturated carbocycles. The molecule has 0 unspecified atom stereocenters. The van der Waals surface area contributed by atoms with Crippen LogP contribution in [0.2, 0.25) is 0 Å². The molecule has 3 N–H and O–H groups in total. The molecule has 1 aliphatic carbocycles. The Bertz CT molecular complexity index is 403. The lowest BCUT2D eigenvalue weighted by molar-refractivity contribution is -0.124. The van der Waals surface area contributed by atoms with Gasteiger partial charge in [-0.3, -0.25) is 9.48 Å². The summed E-state index contributed by atoms with van der Waals surface area (Å²) in [6.45, 7) is 3.97. The number of nitrogens with one attached hydrogen (secondary N) is 1. The Balaban J connectivity index is 1.69. The highest BCUT2D eigenvalue weighted by atomic mass is 16.1. The molecule has 0 spiro atoms. The molecule has 0 saturated heterocycles. The Morgan fingerprint density at radius 2 is 2.39 bits per heavy atom. The van der Waals surface area contributed by atoms with E-state index in [4.69, 9.17) is 5.73 Å². The van der Waals surface area contributed by atoms with Gasteiger partial charge in [0.15, 0.2) is 0 Å². The molecule has 100 valence electrons. The quantitative estimate of drug-likeness (QED) is 0.785. The van der Waals surface area contributed by atoms with Crippen LogP contribution in [0, 0.1) is 12.3 Å². The smallest absolute Gasteiger partial charge is 0.220 e. The molecule has 5 nitrogen and oxygen atoms in total. The van der Waals surface area contributed by atoms with E-state index in [-0.39, 0.29) is 11.3 Å². The molecule has 1 amide bonds. The summed E-state index contributed by atoms with van der Waals surface area (Å²) in [4.78, 5) is 11.8. The van der Waals surface area contributed by atoms with Crippen LogP contribution in [0.3, 0.4) is 0 Å². The van der Waals surface area contributed by atoms with Crippen molar-refractivity contribution in [2.45, 2.75) is 39.2 Å². The molecule has 1 aromatic heterocycles. The van der Waals surface area contributed by atoms with Gasteiger partial charge in [-0.1, -0.05) is 6.42 Å². The molecule has 1 fully saturated rings. The fourth-order valence-electron chi connectivity index (χ4n) is 2.43. The molecule has 1 aliphatic rings. The minimum Gasteiger partial charge on any atom is -0.354 e. The fourth-order valence-corrected chi connectivity index (χ4v) is 2.43. The third kappa shape index (κ3) is 3.10. The highest BCUT2D eigenvalue weighted by Gasteiger charge is 2.37. The van der Waals surface area contributed by atoms with E-state index in [2.05, 4.69) is 10.4 Å². The number of amides is 1. The van der Waals surface area contributed by atoms with E-state index in [1.54, 1.807) is 0 Å². The fraction of sp³-hybridized carbons (Fsp3) is 0.692. The van der Waals surface area contributed by atoms with Gasteiger partial charge in [0.1, 0.15) is 0 Å². The van der Waals surface area contributed by atoms with Crippen LogP contribution in [-0.4, -0.2) is 28.8 Å².